The molecular formula is C18H23N5O2. The summed E-state index contributed by atoms with van der Waals surface area (Å²) in [6.07, 6.45) is 0. The normalized spacial score (nSPS) is 10.9. The first-order chi connectivity index (χ1) is 11.6. The van der Waals surface area contributed by atoms with Gasteiger partial charge in [-0.25, -0.2) is 9.97 Å². The Morgan fingerprint density at radius 1 is 0.960 bits per heavy atom. The Hall–Kier alpha value is -2.96. The lowest BCUT2D eigenvalue weighted by molar-refractivity contribution is -0.114. The van der Waals surface area contributed by atoms with Crippen molar-refractivity contribution in [1.82, 2.24) is 9.97 Å². The number of carbonyl (C=O) groups excluding carboxylic acids is 2. The molecule has 0 bridgehead atoms. The summed E-state index contributed by atoms with van der Waals surface area (Å²) < 4.78 is 0. The van der Waals surface area contributed by atoms with E-state index < -0.39 is 0 Å². The third-order valence-electron chi connectivity index (χ3n) is 3.04. The van der Waals surface area contributed by atoms with Crippen molar-refractivity contribution < 1.29 is 9.59 Å². The molecule has 0 aliphatic rings. The zero-order chi connectivity index (χ0) is 18.6. The van der Waals surface area contributed by atoms with Crippen LogP contribution in [0, 0.1) is 6.92 Å². The van der Waals surface area contributed by atoms with Crippen LogP contribution in [-0.2, 0) is 4.79 Å². The first-order valence-electron chi connectivity index (χ1n) is 7.95. The Morgan fingerprint density at radius 2 is 1.52 bits per heavy atom. The second-order valence-electron chi connectivity index (χ2n) is 6.81. The predicted octanol–water partition coefficient (Wildman–Crippen LogP) is 3.21. The van der Waals surface area contributed by atoms with Gasteiger partial charge in [0.1, 0.15) is 5.69 Å². The van der Waals surface area contributed by atoms with E-state index in [1.54, 1.807) is 30.3 Å². The van der Waals surface area contributed by atoms with Gasteiger partial charge < -0.3 is 16.0 Å². The summed E-state index contributed by atoms with van der Waals surface area (Å²) in [4.78, 5) is 32.1. The molecule has 1 aromatic carbocycles. The van der Waals surface area contributed by atoms with Crippen molar-refractivity contribution in [2.45, 2.75) is 40.2 Å². The fourth-order valence-electron chi connectivity index (χ4n) is 2.11. The number of nitrogens with zero attached hydrogens (tertiary/aromatic N) is 2. The number of hydrogen-bond donors (Lipinski definition) is 3. The Labute approximate surface area is 147 Å². The van der Waals surface area contributed by atoms with E-state index in [-0.39, 0.29) is 23.0 Å². The Morgan fingerprint density at radius 3 is 2.04 bits per heavy atom. The van der Waals surface area contributed by atoms with Crippen LogP contribution in [-0.4, -0.2) is 27.3 Å². The maximum Gasteiger partial charge on any atom is 0.274 e. The van der Waals surface area contributed by atoms with E-state index in [0.29, 0.717) is 23.0 Å². The summed E-state index contributed by atoms with van der Waals surface area (Å²) in [6, 6.07) is 8.50. The average Bonchev–Trinajstić information content (AvgIpc) is 2.46. The van der Waals surface area contributed by atoms with Gasteiger partial charge >= 0.3 is 0 Å². The Kier molecular flexibility index (Phi) is 5.36. The van der Waals surface area contributed by atoms with Gasteiger partial charge in [0.15, 0.2) is 0 Å². The molecule has 3 N–H and O–H groups in total. The molecule has 1 aromatic heterocycles. The highest BCUT2D eigenvalue weighted by molar-refractivity contribution is 6.03. The maximum absolute atomic E-state index is 12.4. The highest BCUT2D eigenvalue weighted by Crippen LogP contribution is 2.16. The van der Waals surface area contributed by atoms with Gasteiger partial charge in [-0.05, 0) is 58.0 Å². The highest BCUT2D eigenvalue weighted by atomic mass is 16.2. The third kappa shape index (κ3) is 5.87. The molecule has 2 amide bonds. The molecule has 0 saturated heterocycles. The van der Waals surface area contributed by atoms with E-state index in [0.717, 1.165) is 0 Å². The van der Waals surface area contributed by atoms with Crippen LogP contribution in [0.25, 0.3) is 0 Å². The van der Waals surface area contributed by atoms with Gasteiger partial charge in [0, 0.05) is 29.5 Å². The van der Waals surface area contributed by atoms with Crippen LogP contribution in [0.5, 0.6) is 0 Å². The van der Waals surface area contributed by atoms with Crippen molar-refractivity contribution in [3.05, 3.63) is 41.7 Å². The fourth-order valence-corrected chi connectivity index (χ4v) is 2.11. The minimum absolute atomic E-state index is 0.146. The molecule has 0 unspecified atom stereocenters. The first kappa shape index (κ1) is 18.4. The van der Waals surface area contributed by atoms with Gasteiger partial charge in [-0.2, -0.15) is 0 Å². The van der Waals surface area contributed by atoms with Crippen LogP contribution in [0.3, 0.4) is 0 Å². The van der Waals surface area contributed by atoms with Crippen molar-refractivity contribution in [2.75, 3.05) is 16.0 Å². The van der Waals surface area contributed by atoms with Crippen molar-refractivity contribution in [2.24, 2.45) is 0 Å². The van der Waals surface area contributed by atoms with Crippen LogP contribution < -0.4 is 16.0 Å². The molecule has 0 radical (unpaired) electrons. The molecular weight excluding hydrogens is 318 g/mol. The second kappa shape index (κ2) is 7.29. The van der Waals surface area contributed by atoms with Crippen LogP contribution >= 0.6 is 0 Å². The lowest BCUT2D eigenvalue weighted by Crippen LogP contribution is -2.28. The smallest absolute Gasteiger partial charge is 0.274 e. The predicted molar refractivity (Wildman–Crippen MR) is 98.8 cm³/mol. The SMILES string of the molecule is CC(=O)Nc1ccc(NC(=O)c2cc(C)nc(NC(C)(C)C)n2)cc1. The fraction of sp³-hybridized carbons (Fsp3) is 0.333. The minimum Gasteiger partial charge on any atom is -0.350 e. The largest absolute Gasteiger partial charge is 0.350 e. The van der Waals surface area contributed by atoms with Crippen molar-refractivity contribution >= 4 is 29.1 Å². The van der Waals surface area contributed by atoms with E-state index in [1.165, 1.54) is 6.92 Å². The summed E-state index contributed by atoms with van der Waals surface area (Å²) in [7, 11) is 0. The van der Waals surface area contributed by atoms with Crippen molar-refractivity contribution in [1.29, 1.82) is 0 Å². The molecule has 7 heteroatoms. The zero-order valence-electron chi connectivity index (χ0n) is 15.1. The van der Waals surface area contributed by atoms with E-state index in [2.05, 4.69) is 25.9 Å². The van der Waals surface area contributed by atoms with Crippen molar-refractivity contribution in [3.8, 4) is 0 Å². The molecule has 132 valence electrons. The highest BCUT2D eigenvalue weighted by Gasteiger charge is 2.15. The summed E-state index contributed by atoms with van der Waals surface area (Å²) in [5.74, 6) is -0.0551. The third-order valence-corrected chi connectivity index (χ3v) is 3.04. The zero-order valence-corrected chi connectivity index (χ0v) is 15.1. The molecule has 0 fully saturated rings. The summed E-state index contributed by atoms with van der Waals surface area (Å²) in [5.41, 5.74) is 2.06. The number of hydrogen-bond acceptors (Lipinski definition) is 5. The molecule has 2 rings (SSSR count). The lowest BCUT2D eigenvalue weighted by Gasteiger charge is -2.20. The molecule has 0 aliphatic carbocycles. The number of nitrogens with one attached hydrogen (secondary N) is 3. The molecule has 0 spiro atoms. The van der Waals surface area contributed by atoms with E-state index in [1.807, 2.05) is 27.7 Å². The molecule has 2 aromatic rings. The van der Waals surface area contributed by atoms with Gasteiger partial charge in [-0.3, -0.25) is 9.59 Å². The molecule has 0 aliphatic heterocycles. The first-order valence-corrected chi connectivity index (χ1v) is 7.95. The Bertz CT molecular complexity index is 779. The van der Waals surface area contributed by atoms with Crippen LogP contribution in [0.1, 0.15) is 43.9 Å². The Balaban J connectivity index is 2.13. The molecule has 25 heavy (non-hydrogen) atoms. The van der Waals surface area contributed by atoms with Gasteiger partial charge in [0.2, 0.25) is 11.9 Å². The summed E-state index contributed by atoms with van der Waals surface area (Å²) in [5, 5.41) is 8.62. The number of benzene rings is 1. The van der Waals surface area contributed by atoms with E-state index >= 15 is 0 Å². The van der Waals surface area contributed by atoms with Crippen molar-refractivity contribution in [3.63, 3.8) is 0 Å². The number of anilines is 3. The molecule has 1 heterocycles. The molecule has 7 nitrogen and oxygen atoms in total. The van der Waals surface area contributed by atoms with Gasteiger partial charge in [0.05, 0.1) is 0 Å². The number of aromatic nitrogens is 2. The second-order valence-corrected chi connectivity index (χ2v) is 6.81. The topological polar surface area (TPSA) is 96.0 Å². The molecule has 0 atom stereocenters. The maximum atomic E-state index is 12.4. The standard InChI is InChI=1S/C18H23N5O2/c1-11-10-15(22-17(19-11)23-18(3,4)5)16(25)21-14-8-6-13(7-9-14)20-12(2)24/h6-10H,1-5H3,(H,20,24)(H,21,25)(H,19,22,23). The lowest BCUT2D eigenvalue weighted by atomic mass is 10.1. The summed E-state index contributed by atoms with van der Waals surface area (Å²) in [6.45, 7) is 9.24. The van der Waals surface area contributed by atoms with Crippen LogP contribution in [0.2, 0.25) is 0 Å². The number of carbonyl (C=O) groups is 2. The quantitative estimate of drug-likeness (QED) is 0.793. The number of amides is 2. The van der Waals surface area contributed by atoms with E-state index in [4.69, 9.17) is 0 Å². The van der Waals surface area contributed by atoms with Gasteiger partial charge in [-0.15, -0.1) is 0 Å². The monoisotopic (exact) mass is 341 g/mol. The number of rotatable bonds is 4. The number of aryl methyl sites for hydroxylation is 1. The minimum atomic E-state index is -0.324. The molecule has 0 saturated carbocycles. The summed E-state index contributed by atoms with van der Waals surface area (Å²) >= 11 is 0. The van der Waals surface area contributed by atoms with E-state index in [9.17, 15) is 9.59 Å². The van der Waals surface area contributed by atoms with Crippen LogP contribution in [0.15, 0.2) is 30.3 Å². The van der Waals surface area contributed by atoms with Gasteiger partial charge in [-0.1, -0.05) is 0 Å². The average molecular weight is 341 g/mol. The van der Waals surface area contributed by atoms with Gasteiger partial charge in [0.25, 0.3) is 5.91 Å². The van der Waals surface area contributed by atoms with Crippen LogP contribution in [0.4, 0.5) is 17.3 Å².